The number of nitrogens with zero attached hydrogens (tertiary/aromatic N) is 1. The molecule has 0 fully saturated rings. The molecule has 0 spiro atoms. The van der Waals surface area contributed by atoms with E-state index in [4.69, 9.17) is 9.84 Å². The first kappa shape index (κ1) is 14.9. The smallest absolute Gasteiger partial charge is 0.317 e. The molecule has 4 heteroatoms. The largest absolute Gasteiger partial charge is 0.487 e. The van der Waals surface area contributed by atoms with Gasteiger partial charge in [-0.2, -0.15) is 0 Å². The first-order chi connectivity index (χ1) is 9.30. The maximum Gasteiger partial charge on any atom is 0.317 e. The van der Waals surface area contributed by atoms with E-state index in [-0.39, 0.29) is 24.2 Å². The van der Waals surface area contributed by atoms with Crippen molar-refractivity contribution in [3.05, 3.63) is 29.8 Å². The van der Waals surface area contributed by atoms with E-state index in [0.29, 0.717) is 0 Å². The van der Waals surface area contributed by atoms with Crippen LogP contribution in [0, 0.1) is 0 Å². The lowest BCUT2D eigenvalue weighted by Crippen LogP contribution is -2.45. The summed E-state index contributed by atoms with van der Waals surface area (Å²) in [6, 6.07) is 8.17. The van der Waals surface area contributed by atoms with Gasteiger partial charge in [-0.15, -0.1) is 0 Å². The molecular weight excluding hydrogens is 254 g/mol. The summed E-state index contributed by atoms with van der Waals surface area (Å²) in [6.45, 7) is 8.22. The van der Waals surface area contributed by atoms with E-state index >= 15 is 0 Å². The van der Waals surface area contributed by atoms with Gasteiger partial charge in [0.25, 0.3) is 0 Å². The second kappa shape index (κ2) is 5.44. The van der Waals surface area contributed by atoms with Crippen molar-refractivity contribution >= 4 is 5.97 Å². The number of para-hydroxylation sites is 1. The van der Waals surface area contributed by atoms with Crippen LogP contribution in [0.1, 0.15) is 45.7 Å². The third-order valence-electron chi connectivity index (χ3n) is 3.73. The topological polar surface area (TPSA) is 49.8 Å². The molecule has 1 atom stereocenters. The third-order valence-corrected chi connectivity index (χ3v) is 3.73. The molecule has 1 aromatic carbocycles. The Balaban J connectivity index is 2.40. The normalized spacial score (nSPS) is 20.6. The van der Waals surface area contributed by atoms with Gasteiger partial charge in [-0.1, -0.05) is 18.2 Å². The molecule has 0 saturated heterocycles. The van der Waals surface area contributed by atoms with Gasteiger partial charge in [0.15, 0.2) is 0 Å². The highest BCUT2D eigenvalue weighted by molar-refractivity contribution is 5.69. The summed E-state index contributed by atoms with van der Waals surface area (Å²) in [5, 5.41) is 9.17. The van der Waals surface area contributed by atoms with Gasteiger partial charge in [0.05, 0.1) is 6.54 Å². The summed E-state index contributed by atoms with van der Waals surface area (Å²) >= 11 is 0. The summed E-state index contributed by atoms with van der Waals surface area (Å²) < 4.78 is 6.01. The number of fused-ring (bicyclic) bond motifs is 1. The first-order valence-electron chi connectivity index (χ1n) is 7.05. The SMILES string of the molecule is CC(C)N(CC(=O)O)C1CC(C)(C)Oc2ccccc21. The number of hydrogen-bond acceptors (Lipinski definition) is 3. The molecule has 1 aliphatic heterocycles. The number of ether oxygens (including phenoxy) is 1. The van der Waals surface area contributed by atoms with Crippen molar-refractivity contribution in [2.75, 3.05) is 6.54 Å². The van der Waals surface area contributed by atoms with Crippen molar-refractivity contribution in [2.24, 2.45) is 0 Å². The second-order valence-electron chi connectivity index (χ2n) is 6.28. The molecule has 4 nitrogen and oxygen atoms in total. The summed E-state index contributed by atoms with van der Waals surface area (Å²) in [5.41, 5.74) is 0.798. The number of benzene rings is 1. The van der Waals surface area contributed by atoms with Crippen molar-refractivity contribution in [3.63, 3.8) is 0 Å². The van der Waals surface area contributed by atoms with Crippen LogP contribution in [0.3, 0.4) is 0 Å². The molecule has 0 radical (unpaired) electrons. The fourth-order valence-electron chi connectivity index (χ4n) is 2.87. The Hall–Kier alpha value is -1.55. The fourth-order valence-corrected chi connectivity index (χ4v) is 2.87. The maximum absolute atomic E-state index is 11.2. The van der Waals surface area contributed by atoms with E-state index < -0.39 is 5.97 Å². The Labute approximate surface area is 120 Å². The number of hydrogen-bond donors (Lipinski definition) is 1. The minimum atomic E-state index is -0.791. The molecule has 1 unspecified atom stereocenters. The average molecular weight is 277 g/mol. The van der Waals surface area contributed by atoms with Crippen LogP contribution in [-0.2, 0) is 4.79 Å². The molecule has 1 aliphatic rings. The lowest BCUT2D eigenvalue weighted by molar-refractivity contribution is -0.140. The van der Waals surface area contributed by atoms with Crippen LogP contribution in [0.2, 0.25) is 0 Å². The van der Waals surface area contributed by atoms with Gasteiger partial charge < -0.3 is 9.84 Å². The predicted octanol–water partition coefficient (Wildman–Crippen LogP) is 3.08. The molecule has 1 aromatic rings. The van der Waals surface area contributed by atoms with Crippen LogP contribution in [0.5, 0.6) is 5.75 Å². The van der Waals surface area contributed by atoms with E-state index in [2.05, 4.69) is 13.8 Å². The van der Waals surface area contributed by atoms with E-state index in [0.717, 1.165) is 17.7 Å². The highest BCUT2D eigenvalue weighted by Gasteiger charge is 2.37. The van der Waals surface area contributed by atoms with E-state index in [1.54, 1.807) is 0 Å². The maximum atomic E-state index is 11.2. The molecule has 2 rings (SSSR count). The number of aliphatic carboxylic acids is 1. The number of carbonyl (C=O) groups is 1. The van der Waals surface area contributed by atoms with E-state index in [1.165, 1.54) is 0 Å². The molecule has 1 heterocycles. The van der Waals surface area contributed by atoms with Gasteiger partial charge in [0.2, 0.25) is 0 Å². The van der Waals surface area contributed by atoms with Crippen LogP contribution < -0.4 is 4.74 Å². The average Bonchev–Trinajstić information content (AvgIpc) is 2.33. The standard InChI is InChI=1S/C16H23NO3/c1-11(2)17(10-15(18)19)13-9-16(3,4)20-14-8-6-5-7-12(13)14/h5-8,11,13H,9-10H2,1-4H3,(H,18,19). The van der Waals surface area contributed by atoms with E-state index in [9.17, 15) is 4.79 Å². The monoisotopic (exact) mass is 277 g/mol. The molecule has 1 N–H and O–H groups in total. The van der Waals surface area contributed by atoms with Crippen molar-refractivity contribution in [2.45, 2.75) is 51.8 Å². The predicted molar refractivity (Wildman–Crippen MR) is 78.0 cm³/mol. The van der Waals surface area contributed by atoms with Crippen LogP contribution in [-0.4, -0.2) is 34.2 Å². The molecule has 0 saturated carbocycles. The third kappa shape index (κ3) is 3.12. The molecule has 0 aromatic heterocycles. The van der Waals surface area contributed by atoms with Gasteiger partial charge in [0, 0.05) is 24.1 Å². The van der Waals surface area contributed by atoms with Crippen LogP contribution >= 0.6 is 0 Å². The summed E-state index contributed by atoms with van der Waals surface area (Å²) in [5.74, 6) is 0.0743. The lowest BCUT2D eigenvalue weighted by atomic mass is 9.88. The zero-order valence-electron chi connectivity index (χ0n) is 12.6. The molecule has 110 valence electrons. The lowest BCUT2D eigenvalue weighted by Gasteiger charge is -2.43. The highest BCUT2D eigenvalue weighted by atomic mass is 16.5. The minimum Gasteiger partial charge on any atom is -0.487 e. The zero-order chi connectivity index (χ0) is 14.9. The molecule has 20 heavy (non-hydrogen) atoms. The molecule has 0 bridgehead atoms. The quantitative estimate of drug-likeness (QED) is 0.919. The van der Waals surface area contributed by atoms with Crippen molar-refractivity contribution < 1.29 is 14.6 Å². The van der Waals surface area contributed by atoms with Crippen LogP contribution in [0.25, 0.3) is 0 Å². The number of carboxylic acid groups (broad SMARTS) is 1. The van der Waals surface area contributed by atoms with Crippen LogP contribution in [0.4, 0.5) is 0 Å². The minimum absolute atomic E-state index is 0.0484. The zero-order valence-corrected chi connectivity index (χ0v) is 12.6. The molecule has 0 aliphatic carbocycles. The summed E-state index contributed by atoms with van der Waals surface area (Å²) in [7, 11) is 0. The van der Waals surface area contributed by atoms with Crippen LogP contribution in [0.15, 0.2) is 24.3 Å². The van der Waals surface area contributed by atoms with Crippen molar-refractivity contribution in [1.82, 2.24) is 4.90 Å². The Bertz CT molecular complexity index is 496. The summed E-state index contributed by atoms with van der Waals surface area (Å²) in [4.78, 5) is 13.2. The molecule has 0 amide bonds. The number of rotatable bonds is 4. The summed E-state index contributed by atoms with van der Waals surface area (Å²) in [6.07, 6.45) is 0.787. The van der Waals surface area contributed by atoms with Gasteiger partial charge in [-0.25, -0.2) is 0 Å². The van der Waals surface area contributed by atoms with Gasteiger partial charge in [-0.05, 0) is 33.8 Å². The highest BCUT2D eigenvalue weighted by Crippen LogP contribution is 2.42. The van der Waals surface area contributed by atoms with Gasteiger partial charge in [0.1, 0.15) is 11.4 Å². The first-order valence-corrected chi connectivity index (χ1v) is 7.05. The Kier molecular flexibility index (Phi) is 4.04. The Morgan fingerprint density at radius 1 is 1.45 bits per heavy atom. The van der Waals surface area contributed by atoms with Crippen molar-refractivity contribution in [1.29, 1.82) is 0 Å². The number of carboxylic acids is 1. The molecular formula is C16H23NO3. The van der Waals surface area contributed by atoms with Gasteiger partial charge >= 0.3 is 5.97 Å². The van der Waals surface area contributed by atoms with E-state index in [1.807, 2.05) is 43.0 Å². The van der Waals surface area contributed by atoms with Crippen molar-refractivity contribution in [3.8, 4) is 5.75 Å². The second-order valence-corrected chi connectivity index (χ2v) is 6.28. The fraction of sp³-hybridized carbons (Fsp3) is 0.562. The van der Waals surface area contributed by atoms with Gasteiger partial charge in [-0.3, -0.25) is 9.69 Å². The Morgan fingerprint density at radius 2 is 2.10 bits per heavy atom. The Morgan fingerprint density at radius 3 is 2.70 bits per heavy atom.